The van der Waals surface area contributed by atoms with Crippen molar-refractivity contribution in [1.29, 1.82) is 5.26 Å². The van der Waals surface area contributed by atoms with Crippen LogP contribution in [-0.4, -0.2) is 55.0 Å². The molecular formula is C12H13N3O4S. The van der Waals surface area contributed by atoms with Gasteiger partial charge in [-0.2, -0.15) is 9.57 Å². The van der Waals surface area contributed by atoms with Crippen molar-refractivity contribution in [3.8, 4) is 6.07 Å². The Morgan fingerprint density at radius 2 is 1.70 bits per heavy atom. The third-order valence-corrected chi connectivity index (χ3v) is 5.04. The highest BCUT2D eigenvalue weighted by Gasteiger charge is 2.29. The zero-order valence-corrected chi connectivity index (χ0v) is 11.4. The van der Waals surface area contributed by atoms with Crippen molar-refractivity contribution < 1.29 is 18.3 Å². The molecule has 1 fully saturated rings. The molecule has 0 aromatic heterocycles. The van der Waals surface area contributed by atoms with Gasteiger partial charge in [-0.1, -0.05) is 0 Å². The van der Waals surface area contributed by atoms with E-state index in [0.717, 1.165) is 0 Å². The lowest BCUT2D eigenvalue weighted by Gasteiger charge is -2.32. The Hall–Kier alpha value is -2.11. The molecule has 0 unspecified atom stereocenters. The van der Waals surface area contributed by atoms with Crippen molar-refractivity contribution in [2.24, 2.45) is 0 Å². The van der Waals surface area contributed by atoms with E-state index in [0.29, 0.717) is 5.56 Å². The number of nitriles is 1. The van der Waals surface area contributed by atoms with Crippen LogP contribution in [0.2, 0.25) is 0 Å². The van der Waals surface area contributed by atoms with E-state index in [-0.39, 0.29) is 31.1 Å². The fourth-order valence-corrected chi connectivity index (χ4v) is 3.39. The maximum Gasteiger partial charge on any atom is 0.407 e. The summed E-state index contributed by atoms with van der Waals surface area (Å²) in [7, 11) is -3.63. The normalized spacial score (nSPS) is 16.6. The summed E-state index contributed by atoms with van der Waals surface area (Å²) in [6.07, 6.45) is -1.04. The molecule has 0 aliphatic carbocycles. The molecule has 0 saturated carbocycles. The lowest BCUT2D eigenvalue weighted by atomic mass is 10.2. The molecule has 1 heterocycles. The average molecular weight is 295 g/mol. The molecule has 1 aliphatic heterocycles. The minimum Gasteiger partial charge on any atom is -0.465 e. The second kappa shape index (κ2) is 5.48. The molecule has 8 heteroatoms. The molecule has 0 atom stereocenters. The van der Waals surface area contributed by atoms with Gasteiger partial charge in [0.2, 0.25) is 10.0 Å². The molecule has 1 aliphatic rings. The maximum absolute atomic E-state index is 12.3. The smallest absolute Gasteiger partial charge is 0.407 e. The predicted molar refractivity (Wildman–Crippen MR) is 69.5 cm³/mol. The van der Waals surface area contributed by atoms with Crippen LogP contribution in [-0.2, 0) is 10.0 Å². The molecule has 1 aromatic rings. The Kier molecular flexibility index (Phi) is 3.92. The van der Waals surface area contributed by atoms with Crippen LogP contribution in [0.25, 0.3) is 0 Å². The maximum atomic E-state index is 12.3. The van der Waals surface area contributed by atoms with Gasteiger partial charge in [-0.05, 0) is 24.3 Å². The second-order valence-electron chi connectivity index (χ2n) is 4.31. The van der Waals surface area contributed by atoms with Crippen LogP contribution in [0.1, 0.15) is 5.56 Å². The van der Waals surface area contributed by atoms with Crippen molar-refractivity contribution in [3.63, 3.8) is 0 Å². The number of hydrogen-bond acceptors (Lipinski definition) is 4. The van der Waals surface area contributed by atoms with Crippen molar-refractivity contribution in [3.05, 3.63) is 29.8 Å². The number of hydrogen-bond donors (Lipinski definition) is 1. The van der Waals surface area contributed by atoms with E-state index in [1.54, 1.807) is 0 Å². The van der Waals surface area contributed by atoms with Gasteiger partial charge in [0.15, 0.2) is 0 Å². The van der Waals surface area contributed by atoms with Gasteiger partial charge in [0.05, 0.1) is 16.5 Å². The van der Waals surface area contributed by atoms with Crippen LogP contribution in [0.15, 0.2) is 29.2 Å². The summed E-state index contributed by atoms with van der Waals surface area (Å²) in [5.74, 6) is 0. The molecule has 106 valence electrons. The van der Waals surface area contributed by atoms with Crippen molar-refractivity contribution in [2.45, 2.75) is 4.90 Å². The Morgan fingerprint density at radius 3 is 2.15 bits per heavy atom. The van der Waals surface area contributed by atoms with E-state index < -0.39 is 16.1 Å². The van der Waals surface area contributed by atoms with E-state index in [2.05, 4.69) is 0 Å². The fraction of sp³-hybridized carbons (Fsp3) is 0.333. The van der Waals surface area contributed by atoms with Crippen molar-refractivity contribution >= 4 is 16.1 Å². The molecular weight excluding hydrogens is 282 g/mol. The lowest BCUT2D eigenvalue weighted by Crippen LogP contribution is -2.50. The first-order valence-electron chi connectivity index (χ1n) is 5.93. The summed E-state index contributed by atoms with van der Waals surface area (Å²) in [6, 6.07) is 7.59. The number of benzene rings is 1. The molecule has 7 nitrogen and oxygen atoms in total. The number of sulfonamides is 1. The molecule has 1 saturated heterocycles. The standard InChI is InChI=1S/C12H13N3O4S/c13-9-10-1-3-11(4-2-10)20(18,19)15-7-5-14(6-8-15)12(16)17/h1-4H,5-8H2,(H,16,17). The minimum absolute atomic E-state index is 0.111. The number of carboxylic acid groups (broad SMARTS) is 1. The summed E-state index contributed by atoms with van der Waals surface area (Å²) in [6.45, 7) is 0.582. The van der Waals surface area contributed by atoms with Crippen LogP contribution in [0.5, 0.6) is 0 Å². The van der Waals surface area contributed by atoms with Gasteiger partial charge in [-0.3, -0.25) is 0 Å². The Balaban J connectivity index is 2.15. The van der Waals surface area contributed by atoms with Gasteiger partial charge in [0, 0.05) is 26.2 Å². The summed E-state index contributed by atoms with van der Waals surface area (Å²) >= 11 is 0. The van der Waals surface area contributed by atoms with Crippen molar-refractivity contribution in [2.75, 3.05) is 26.2 Å². The molecule has 20 heavy (non-hydrogen) atoms. The minimum atomic E-state index is -3.63. The first-order valence-corrected chi connectivity index (χ1v) is 7.37. The zero-order valence-electron chi connectivity index (χ0n) is 10.6. The monoisotopic (exact) mass is 295 g/mol. The van der Waals surface area contributed by atoms with Crippen molar-refractivity contribution in [1.82, 2.24) is 9.21 Å². The molecule has 1 amide bonds. The Morgan fingerprint density at radius 1 is 1.15 bits per heavy atom. The number of piperazine rings is 1. The van der Waals surface area contributed by atoms with E-state index >= 15 is 0 Å². The van der Waals surface area contributed by atoms with Gasteiger partial charge in [0.1, 0.15) is 0 Å². The van der Waals surface area contributed by atoms with E-state index in [4.69, 9.17) is 10.4 Å². The van der Waals surface area contributed by atoms with E-state index in [9.17, 15) is 13.2 Å². The lowest BCUT2D eigenvalue weighted by molar-refractivity contribution is 0.126. The molecule has 1 N–H and O–H groups in total. The quantitative estimate of drug-likeness (QED) is 0.858. The summed E-state index contributed by atoms with van der Waals surface area (Å²) in [5, 5.41) is 17.5. The highest BCUT2D eigenvalue weighted by atomic mass is 32.2. The number of amides is 1. The van der Waals surface area contributed by atoms with Crippen LogP contribution in [0.4, 0.5) is 4.79 Å². The Bertz CT molecular complexity index is 640. The summed E-state index contributed by atoms with van der Waals surface area (Å²) in [4.78, 5) is 12.1. The molecule has 1 aromatic carbocycles. The average Bonchev–Trinajstić information content (AvgIpc) is 2.47. The van der Waals surface area contributed by atoms with Crippen LogP contribution < -0.4 is 0 Å². The third kappa shape index (κ3) is 2.74. The highest BCUT2D eigenvalue weighted by molar-refractivity contribution is 7.89. The van der Waals surface area contributed by atoms with Gasteiger partial charge >= 0.3 is 6.09 Å². The van der Waals surface area contributed by atoms with Crippen LogP contribution >= 0.6 is 0 Å². The van der Waals surface area contributed by atoms with E-state index in [1.807, 2.05) is 6.07 Å². The largest absolute Gasteiger partial charge is 0.465 e. The number of nitrogens with zero attached hydrogens (tertiary/aromatic N) is 3. The summed E-state index contributed by atoms with van der Waals surface area (Å²) < 4.78 is 25.9. The zero-order chi connectivity index (χ0) is 14.8. The predicted octanol–water partition coefficient (Wildman–Crippen LogP) is 0.543. The van der Waals surface area contributed by atoms with Gasteiger partial charge in [-0.15, -0.1) is 0 Å². The number of carbonyl (C=O) groups is 1. The van der Waals surface area contributed by atoms with Gasteiger partial charge in [0.25, 0.3) is 0 Å². The molecule has 0 spiro atoms. The first kappa shape index (κ1) is 14.3. The molecule has 2 rings (SSSR count). The van der Waals surface area contributed by atoms with E-state index in [1.165, 1.54) is 33.5 Å². The third-order valence-electron chi connectivity index (χ3n) is 3.13. The van der Waals surface area contributed by atoms with Gasteiger partial charge < -0.3 is 10.0 Å². The first-order chi connectivity index (χ1) is 9.45. The van der Waals surface area contributed by atoms with Crippen LogP contribution in [0, 0.1) is 11.3 Å². The second-order valence-corrected chi connectivity index (χ2v) is 6.25. The topological polar surface area (TPSA) is 102 Å². The molecule has 0 bridgehead atoms. The highest BCUT2D eigenvalue weighted by Crippen LogP contribution is 2.18. The van der Waals surface area contributed by atoms with Gasteiger partial charge in [-0.25, -0.2) is 13.2 Å². The number of rotatable bonds is 2. The van der Waals surface area contributed by atoms with Crippen LogP contribution in [0.3, 0.4) is 0 Å². The Labute approximate surface area is 116 Å². The molecule has 0 radical (unpaired) electrons. The summed E-state index contributed by atoms with van der Waals surface area (Å²) in [5.41, 5.74) is 0.389. The fourth-order valence-electron chi connectivity index (χ4n) is 1.97. The SMILES string of the molecule is N#Cc1ccc(S(=O)(=O)N2CCN(C(=O)O)CC2)cc1.